The van der Waals surface area contributed by atoms with Crippen LogP contribution in [-0.4, -0.2) is 10.9 Å². The second kappa shape index (κ2) is 15.5. The number of aryl methyl sites for hydroxylation is 1. The van der Waals surface area contributed by atoms with Gasteiger partial charge in [-0.3, -0.25) is 4.79 Å². The Labute approximate surface area is 179 Å². The van der Waals surface area contributed by atoms with Gasteiger partial charge in [-0.1, -0.05) is 106 Å². The van der Waals surface area contributed by atoms with E-state index in [2.05, 4.69) is 33.2 Å². The lowest BCUT2D eigenvalue weighted by Gasteiger charge is -2.08. The molecule has 1 aromatic rings. The van der Waals surface area contributed by atoms with E-state index in [1.54, 1.807) is 11.3 Å². The lowest BCUT2D eigenvalue weighted by Crippen LogP contribution is -2.04. The van der Waals surface area contributed by atoms with Crippen molar-refractivity contribution in [3.63, 3.8) is 0 Å². The Balaban J connectivity index is 2.00. The molecular weight excluding hydrogens is 420 g/mol. The Morgan fingerprint density at radius 1 is 0.963 bits per heavy atom. The number of nitrogens with zero attached hydrogens (tertiary/aromatic N) is 1. The predicted octanol–water partition coefficient (Wildman–Crippen LogP) is 8.33. The quantitative estimate of drug-likeness (QED) is 0.199. The molecule has 0 fully saturated rings. The summed E-state index contributed by atoms with van der Waals surface area (Å²) in [5.74, 6) is -0.0575. The number of carbonyl (C=O) groups excluding carboxylic acids is 1. The molecule has 0 spiro atoms. The van der Waals surface area contributed by atoms with Gasteiger partial charge in [0.25, 0.3) is 0 Å². The Kier molecular flexibility index (Phi) is 14.1. The zero-order valence-corrected chi connectivity index (χ0v) is 20.0. The van der Waals surface area contributed by atoms with Crippen molar-refractivity contribution in [1.82, 2.24) is 4.98 Å². The average molecular weight is 460 g/mol. The second-order valence-corrected chi connectivity index (χ2v) is 9.78. The fraction of sp³-hybridized carbons (Fsp3) is 0.818. The van der Waals surface area contributed by atoms with Crippen LogP contribution in [0.25, 0.3) is 0 Å². The largest absolute Gasteiger partial charge is 0.302 e. The van der Waals surface area contributed by atoms with E-state index < -0.39 is 0 Å². The number of aromatic nitrogens is 1. The highest BCUT2D eigenvalue weighted by molar-refractivity contribution is 9.09. The third kappa shape index (κ3) is 11.9. The molecule has 5 heteroatoms. The molecule has 1 N–H and O–H groups in total. The maximum atomic E-state index is 11.2. The summed E-state index contributed by atoms with van der Waals surface area (Å²) in [6.07, 6.45) is 19.2. The van der Waals surface area contributed by atoms with Crippen molar-refractivity contribution in [3.05, 3.63) is 10.6 Å². The van der Waals surface area contributed by atoms with E-state index in [-0.39, 0.29) is 5.91 Å². The maximum Gasteiger partial charge on any atom is 0.223 e. The van der Waals surface area contributed by atoms with E-state index in [0.29, 0.717) is 9.96 Å². The monoisotopic (exact) mass is 458 g/mol. The van der Waals surface area contributed by atoms with Gasteiger partial charge in [0.05, 0.1) is 10.5 Å². The molecule has 0 aliphatic carbocycles. The molecule has 27 heavy (non-hydrogen) atoms. The molecule has 0 radical (unpaired) electrons. The number of thiazole rings is 1. The number of nitrogens with one attached hydrogen (secondary N) is 1. The van der Waals surface area contributed by atoms with Crippen LogP contribution in [0.3, 0.4) is 0 Å². The van der Waals surface area contributed by atoms with E-state index in [1.807, 2.05) is 6.92 Å². The van der Waals surface area contributed by atoms with Gasteiger partial charge in [0, 0.05) is 11.8 Å². The molecule has 1 aromatic heterocycles. The number of hydrogen-bond donors (Lipinski definition) is 1. The molecule has 0 aliphatic heterocycles. The summed E-state index contributed by atoms with van der Waals surface area (Å²) in [6.45, 7) is 5.83. The molecular formula is C22H39BrN2OS. The molecule has 0 aromatic carbocycles. The fourth-order valence-electron chi connectivity index (χ4n) is 3.38. The molecule has 1 atom stereocenters. The average Bonchev–Trinajstić information content (AvgIpc) is 2.98. The summed E-state index contributed by atoms with van der Waals surface area (Å²) in [4.78, 5) is 17.2. The minimum atomic E-state index is -0.0575. The SMILES string of the molecule is CCCCCCCCCCCCCCCC(Br)c1sc(NC(C)=O)nc1C. The van der Waals surface area contributed by atoms with Crippen LogP contribution in [0.4, 0.5) is 5.13 Å². The number of anilines is 1. The van der Waals surface area contributed by atoms with Gasteiger partial charge in [-0.25, -0.2) is 4.98 Å². The van der Waals surface area contributed by atoms with Crippen LogP contribution in [0.5, 0.6) is 0 Å². The van der Waals surface area contributed by atoms with Crippen LogP contribution in [-0.2, 0) is 4.79 Å². The first-order chi connectivity index (χ1) is 13.0. The van der Waals surface area contributed by atoms with E-state index in [4.69, 9.17) is 0 Å². The van der Waals surface area contributed by atoms with E-state index in [1.165, 1.54) is 95.3 Å². The molecule has 1 rings (SSSR count). The van der Waals surface area contributed by atoms with Crippen molar-refractivity contribution in [2.75, 3.05) is 5.32 Å². The van der Waals surface area contributed by atoms with Crippen molar-refractivity contribution in [2.45, 2.75) is 115 Å². The molecule has 0 aliphatic rings. The summed E-state index contributed by atoms with van der Waals surface area (Å²) in [7, 11) is 0. The lowest BCUT2D eigenvalue weighted by molar-refractivity contribution is -0.114. The lowest BCUT2D eigenvalue weighted by atomic mass is 10.0. The third-order valence-electron chi connectivity index (χ3n) is 4.96. The summed E-state index contributed by atoms with van der Waals surface area (Å²) in [6, 6.07) is 0. The first kappa shape index (κ1) is 24.6. The van der Waals surface area contributed by atoms with E-state index in [9.17, 15) is 4.79 Å². The van der Waals surface area contributed by atoms with Gasteiger partial charge in [-0.15, -0.1) is 11.3 Å². The van der Waals surface area contributed by atoms with Gasteiger partial charge in [0.15, 0.2) is 5.13 Å². The van der Waals surface area contributed by atoms with Crippen LogP contribution in [0.1, 0.15) is 119 Å². The first-order valence-electron chi connectivity index (χ1n) is 10.9. The van der Waals surface area contributed by atoms with Crippen LogP contribution in [0.15, 0.2) is 0 Å². The smallest absolute Gasteiger partial charge is 0.223 e. The number of amides is 1. The van der Waals surface area contributed by atoms with Gasteiger partial charge in [0.2, 0.25) is 5.91 Å². The van der Waals surface area contributed by atoms with Crippen molar-refractivity contribution >= 4 is 38.3 Å². The number of halogens is 1. The standard InChI is InChI=1S/C22H39BrN2OS/c1-4-5-6-7-8-9-10-11-12-13-14-15-16-17-20(23)21-18(2)24-22(27-21)25-19(3)26/h20H,4-17H2,1-3H3,(H,24,25,26). The number of unbranched alkanes of at least 4 members (excludes halogenated alkanes) is 12. The highest BCUT2D eigenvalue weighted by Gasteiger charge is 2.16. The third-order valence-corrected chi connectivity index (χ3v) is 7.37. The summed E-state index contributed by atoms with van der Waals surface area (Å²) in [5.41, 5.74) is 1.03. The molecule has 0 saturated carbocycles. The highest BCUT2D eigenvalue weighted by Crippen LogP contribution is 2.36. The van der Waals surface area contributed by atoms with Crippen molar-refractivity contribution < 1.29 is 4.79 Å². The molecule has 1 amide bonds. The van der Waals surface area contributed by atoms with Crippen LogP contribution < -0.4 is 5.32 Å². The molecule has 0 saturated heterocycles. The number of carbonyl (C=O) groups is 1. The Morgan fingerprint density at radius 3 is 1.93 bits per heavy atom. The number of rotatable bonds is 16. The molecule has 0 bridgehead atoms. The number of hydrogen-bond acceptors (Lipinski definition) is 3. The Morgan fingerprint density at radius 2 is 1.44 bits per heavy atom. The second-order valence-electron chi connectivity index (χ2n) is 7.65. The zero-order valence-electron chi connectivity index (χ0n) is 17.6. The van der Waals surface area contributed by atoms with Crippen molar-refractivity contribution in [2.24, 2.45) is 0 Å². The molecule has 156 valence electrons. The first-order valence-corrected chi connectivity index (χ1v) is 12.7. The van der Waals surface area contributed by atoms with Gasteiger partial charge in [-0.2, -0.15) is 0 Å². The summed E-state index contributed by atoms with van der Waals surface area (Å²) < 4.78 is 0. The zero-order chi connectivity index (χ0) is 19.9. The van der Waals surface area contributed by atoms with Crippen molar-refractivity contribution in [1.29, 1.82) is 0 Å². The molecule has 1 heterocycles. The summed E-state index contributed by atoms with van der Waals surface area (Å²) in [5, 5.41) is 3.50. The van der Waals surface area contributed by atoms with Crippen molar-refractivity contribution in [3.8, 4) is 0 Å². The molecule has 1 unspecified atom stereocenters. The molecule has 3 nitrogen and oxygen atoms in total. The van der Waals surface area contributed by atoms with Crippen LogP contribution in [0.2, 0.25) is 0 Å². The topological polar surface area (TPSA) is 42.0 Å². The van der Waals surface area contributed by atoms with E-state index >= 15 is 0 Å². The number of alkyl halides is 1. The Bertz CT molecular complexity index is 518. The minimum Gasteiger partial charge on any atom is -0.302 e. The van der Waals surface area contributed by atoms with Gasteiger partial charge >= 0.3 is 0 Å². The highest BCUT2D eigenvalue weighted by atomic mass is 79.9. The Hall–Kier alpha value is -0.420. The van der Waals surface area contributed by atoms with Gasteiger partial charge < -0.3 is 5.32 Å². The van der Waals surface area contributed by atoms with E-state index in [0.717, 1.165) is 12.1 Å². The normalized spacial score (nSPS) is 12.3. The van der Waals surface area contributed by atoms with Crippen LogP contribution >= 0.6 is 27.3 Å². The van der Waals surface area contributed by atoms with Gasteiger partial charge in [-0.05, 0) is 13.3 Å². The van der Waals surface area contributed by atoms with Gasteiger partial charge in [0.1, 0.15) is 0 Å². The predicted molar refractivity (Wildman–Crippen MR) is 123 cm³/mol. The van der Waals surface area contributed by atoms with Crippen LogP contribution in [0, 0.1) is 6.92 Å². The fourth-order valence-corrected chi connectivity index (χ4v) is 5.34. The minimum absolute atomic E-state index is 0.0575. The summed E-state index contributed by atoms with van der Waals surface area (Å²) >= 11 is 5.40. The maximum absolute atomic E-state index is 11.2.